The monoisotopic (exact) mass is 857 g/mol. The van der Waals surface area contributed by atoms with E-state index in [0.29, 0.717) is 0 Å². The standard InChI is InChI=1S/C65H63N/c1-62(2,3)45-39-44(40-46(41-45)63(4,5)6)50-22-14-17-30-60(50)66(48-35-36-54-52-24-13-16-29-58(52)65(59(54)42-48)37-18-9-19-38-65)47-33-31-43(32-34-47)49-21-10-11-23-51(49)55-26-20-27-56-53-25-12-15-28-57(53)64(7,8)61(55)56/h10-17,20-36,39-42H,9,18-19,37-38H2,1-8H3. The molecule has 0 unspecified atom stereocenters. The van der Waals surface area contributed by atoms with E-state index in [-0.39, 0.29) is 21.7 Å². The fraction of sp³-hybridized carbons (Fsp3) is 0.262. The Hall–Kier alpha value is -6.44. The Morgan fingerprint density at radius 2 is 0.879 bits per heavy atom. The van der Waals surface area contributed by atoms with Crippen LogP contribution < -0.4 is 4.90 Å². The van der Waals surface area contributed by atoms with Gasteiger partial charge in [0, 0.05) is 27.8 Å². The van der Waals surface area contributed by atoms with Crippen LogP contribution in [0.5, 0.6) is 0 Å². The first-order chi connectivity index (χ1) is 31.7. The van der Waals surface area contributed by atoms with Gasteiger partial charge >= 0.3 is 0 Å². The van der Waals surface area contributed by atoms with Crippen LogP contribution in [0.1, 0.15) is 121 Å². The predicted octanol–water partition coefficient (Wildman–Crippen LogP) is 18.3. The molecule has 1 spiro atoms. The molecule has 8 aromatic carbocycles. The van der Waals surface area contributed by atoms with Crippen molar-refractivity contribution >= 4 is 17.1 Å². The summed E-state index contributed by atoms with van der Waals surface area (Å²) in [6.45, 7) is 18.8. The number of anilines is 3. The molecule has 1 nitrogen and oxygen atoms in total. The molecule has 3 aliphatic rings. The number of benzene rings is 8. The zero-order valence-electron chi connectivity index (χ0n) is 40.2. The van der Waals surface area contributed by atoms with Gasteiger partial charge in [-0.15, -0.1) is 0 Å². The van der Waals surface area contributed by atoms with Crippen molar-refractivity contribution < 1.29 is 0 Å². The summed E-state index contributed by atoms with van der Waals surface area (Å²) >= 11 is 0. The lowest BCUT2D eigenvalue weighted by molar-refractivity contribution is 0.353. The van der Waals surface area contributed by atoms with Crippen LogP contribution in [0.15, 0.2) is 176 Å². The van der Waals surface area contributed by atoms with E-state index >= 15 is 0 Å². The molecule has 1 heteroatoms. The summed E-state index contributed by atoms with van der Waals surface area (Å²) < 4.78 is 0. The zero-order chi connectivity index (χ0) is 45.6. The highest BCUT2D eigenvalue weighted by Gasteiger charge is 2.44. The maximum atomic E-state index is 2.57. The van der Waals surface area contributed by atoms with Gasteiger partial charge in [-0.05, 0) is 137 Å². The SMILES string of the molecule is CC(C)(C)c1cc(-c2ccccc2N(c2ccc(-c3ccccc3-c3cccc4c3C(C)(C)c3ccccc3-4)cc2)c2ccc3c(c2)C2(CCCCC2)c2ccccc2-3)cc(C(C)(C)C)c1. The number of hydrogen-bond acceptors (Lipinski definition) is 1. The van der Waals surface area contributed by atoms with Gasteiger partial charge in [0.1, 0.15) is 0 Å². The lowest BCUT2D eigenvalue weighted by atomic mass is 9.68. The highest BCUT2D eigenvalue weighted by molar-refractivity contribution is 5.95. The zero-order valence-corrected chi connectivity index (χ0v) is 40.2. The molecule has 0 amide bonds. The summed E-state index contributed by atoms with van der Waals surface area (Å²) in [6.07, 6.45) is 6.26. The molecule has 0 aliphatic heterocycles. The minimum Gasteiger partial charge on any atom is -0.310 e. The molecule has 66 heavy (non-hydrogen) atoms. The minimum atomic E-state index is -0.110. The summed E-state index contributed by atoms with van der Waals surface area (Å²) in [7, 11) is 0. The van der Waals surface area contributed by atoms with E-state index in [4.69, 9.17) is 0 Å². The average Bonchev–Trinajstić information content (AvgIpc) is 3.73. The van der Waals surface area contributed by atoms with Crippen molar-refractivity contribution in [3.05, 3.63) is 209 Å². The molecule has 0 heterocycles. The van der Waals surface area contributed by atoms with Crippen LogP contribution in [0.2, 0.25) is 0 Å². The van der Waals surface area contributed by atoms with Gasteiger partial charge in [0.2, 0.25) is 0 Å². The van der Waals surface area contributed by atoms with Crippen molar-refractivity contribution in [3.8, 4) is 55.6 Å². The van der Waals surface area contributed by atoms with Crippen LogP contribution in [-0.2, 0) is 21.7 Å². The molecule has 8 aromatic rings. The number of fused-ring (bicyclic) bond motifs is 8. The molecule has 11 rings (SSSR count). The van der Waals surface area contributed by atoms with Crippen molar-refractivity contribution in [1.82, 2.24) is 0 Å². The first-order valence-corrected chi connectivity index (χ1v) is 24.5. The average molecular weight is 858 g/mol. The molecule has 0 bridgehead atoms. The third kappa shape index (κ3) is 6.80. The van der Waals surface area contributed by atoms with E-state index in [0.717, 1.165) is 5.69 Å². The van der Waals surface area contributed by atoms with Crippen molar-refractivity contribution in [3.63, 3.8) is 0 Å². The van der Waals surface area contributed by atoms with Crippen LogP contribution in [0.4, 0.5) is 17.1 Å². The maximum absolute atomic E-state index is 2.57. The second-order valence-corrected chi connectivity index (χ2v) is 22.1. The molecule has 0 aromatic heterocycles. The Morgan fingerprint density at radius 3 is 1.53 bits per heavy atom. The maximum Gasteiger partial charge on any atom is 0.0540 e. The molecule has 3 aliphatic carbocycles. The van der Waals surface area contributed by atoms with Gasteiger partial charge in [-0.25, -0.2) is 0 Å². The summed E-state index contributed by atoms with van der Waals surface area (Å²) in [6, 6.07) is 67.4. The van der Waals surface area contributed by atoms with Gasteiger partial charge < -0.3 is 4.90 Å². The first-order valence-electron chi connectivity index (χ1n) is 24.5. The summed E-state index contributed by atoms with van der Waals surface area (Å²) in [5.74, 6) is 0. The van der Waals surface area contributed by atoms with Crippen LogP contribution in [0, 0.1) is 0 Å². The van der Waals surface area contributed by atoms with Crippen molar-refractivity contribution in [2.75, 3.05) is 4.90 Å². The lowest BCUT2D eigenvalue weighted by Crippen LogP contribution is -2.28. The van der Waals surface area contributed by atoms with E-state index in [1.54, 1.807) is 0 Å². The Morgan fingerprint density at radius 1 is 0.379 bits per heavy atom. The Bertz CT molecular complexity index is 3120. The van der Waals surface area contributed by atoms with Crippen LogP contribution in [0.3, 0.4) is 0 Å². The normalized spacial score (nSPS) is 15.5. The van der Waals surface area contributed by atoms with E-state index in [9.17, 15) is 0 Å². The fourth-order valence-electron chi connectivity index (χ4n) is 12.1. The van der Waals surface area contributed by atoms with Gasteiger partial charge in [0.25, 0.3) is 0 Å². The summed E-state index contributed by atoms with van der Waals surface area (Å²) in [4.78, 5) is 2.55. The van der Waals surface area contributed by atoms with Gasteiger partial charge in [-0.2, -0.15) is 0 Å². The highest BCUT2D eigenvalue weighted by atomic mass is 15.1. The second kappa shape index (κ2) is 15.6. The van der Waals surface area contributed by atoms with E-state index in [2.05, 4.69) is 236 Å². The quantitative estimate of drug-likeness (QED) is 0.161. The number of para-hydroxylation sites is 1. The van der Waals surface area contributed by atoms with E-state index in [1.807, 2.05) is 0 Å². The van der Waals surface area contributed by atoms with Gasteiger partial charge in [-0.1, -0.05) is 220 Å². The topological polar surface area (TPSA) is 3.24 Å². The molecule has 328 valence electrons. The largest absolute Gasteiger partial charge is 0.310 e. The molecule has 0 N–H and O–H groups in total. The number of rotatable bonds is 6. The third-order valence-corrected chi connectivity index (χ3v) is 15.6. The Kier molecular flexibility index (Phi) is 9.97. The molecule has 1 saturated carbocycles. The first kappa shape index (κ1) is 42.2. The highest BCUT2D eigenvalue weighted by Crippen LogP contribution is 2.58. The van der Waals surface area contributed by atoms with Gasteiger partial charge in [-0.3, -0.25) is 0 Å². The third-order valence-electron chi connectivity index (χ3n) is 15.6. The van der Waals surface area contributed by atoms with E-state index in [1.165, 1.54) is 132 Å². The molecular weight excluding hydrogens is 795 g/mol. The molecule has 0 atom stereocenters. The van der Waals surface area contributed by atoms with Crippen LogP contribution in [-0.4, -0.2) is 0 Å². The second-order valence-electron chi connectivity index (χ2n) is 22.1. The number of hydrogen-bond donors (Lipinski definition) is 0. The summed E-state index contributed by atoms with van der Waals surface area (Å²) in [5, 5.41) is 0. The van der Waals surface area contributed by atoms with Gasteiger partial charge in [0.15, 0.2) is 0 Å². The van der Waals surface area contributed by atoms with Crippen molar-refractivity contribution in [1.29, 1.82) is 0 Å². The Balaban J connectivity index is 1.08. The smallest absolute Gasteiger partial charge is 0.0540 e. The predicted molar refractivity (Wildman–Crippen MR) is 282 cm³/mol. The molecule has 1 fully saturated rings. The molecule has 0 saturated heterocycles. The number of nitrogens with zero attached hydrogens (tertiary/aromatic N) is 1. The minimum absolute atomic E-state index is 0.000367. The van der Waals surface area contributed by atoms with E-state index < -0.39 is 0 Å². The van der Waals surface area contributed by atoms with Crippen LogP contribution in [0.25, 0.3) is 55.6 Å². The van der Waals surface area contributed by atoms with Crippen molar-refractivity contribution in [2.45, 2.75) is 109 Å². The fourth-order valence-corrected chi connectivity index (χ4v) is 12.1. The van der Waals surface area contributed by atoms with Crippen molar-refractivity contribution in [2.24, 2.45) is 0 Å². The van der Waals surface area contributed by atoms with Gasteiger partial charge in [0.05, 0.1) is 5.69 Å². The van der Waals surface area contributed by atoms with Crippen LogP contribution >= 0.6 is 0 Å². The molecule has 0 radical (unpaired) electrons. The summed E-state index contributed by atoms with van der Waals surface area (Å²) in [5.41, 5.74) is 25.1. The lowest BCUT2D eigenvalue weighted by Gasteiger charge is -2.37. The molecular formula is C65H63N. The Labute approximate surface area is 394 Å².